The summed E-state index contributed by atoms with van der Waals surface area (Å²) in [4.78, 5) is 0.291. The first-order valence-corrected chi connectivity index (χ1v) is 9.28. The summed E-state index contributed by atoms with van der Waals surface area (Å²) in [7, 11) is -3.66. The second kappa shape index (κ2) is 5.48. The fourth-order valence-corrected chi connectivity index (χ4v) is 4.95. The third kappa shape index (κ3) is 2.28. The van der Waals surface area contributed by atoms with Crippen molar-refractivity contribution in [2.75, 3.05) is 10.8 Å². The molecule has 0 spiro atoms. The summed E-state index contributed by atoms with van der Waals surface area (Å²) >= 11 is 5.86. The highest BCUT2D eigenvalue weighted by atomic mass is 35.5. The first kappa shape index (κ1) is 15.4. The number of sulfonamides is 1. The van der Waals surface area contributed by atoms with Crippen LogP contribution in [0.25, 0.3) is 10.8 Å². The Morgan fingerprint density at radius 2 is 1.67 bits per heavy atom. The number of halogens is 1. The van der Waals surface area contributed by atoms with E-state index in [-0.39, 0.29) is 6.54 Å². The van der Waals surface area contributed by atoms with Crippen molar-refractivity contribution in [1.82, 2.24) is 0 Å². The predicted octanol–water partition coefficient (Wildman–Crippen LogP) is 3.74. The molecule has 1 aliphatic rings. The molecular weight excluding hydrogens is 346 g/mol. The van der Waals surface area contributed by atoms with Gasteiger partial charge in [0, 0.05) is 10.4 Å². The van der Waals surface area contributed by atoms with Crippen LogP contribution in [0.4, 0.5) is 5.69 Å². The molecule has 0 aliphatic carbocycles. The van der Waals surface area contributed by atoms with Crippen LogP contribution in [0.15, 0.2) is 65.6 Å². The Balaban J connectivity index is 1.77. The summed E-state index contributed by atoms with van der Waals surface area (Å²) in [5.74, 6) is 0. The third-order valence-corrected chi connectivity index (χ3v) is 6.35. The Kier molecular flexibility index (Phi) is 3.53. The zero-order valence-electron chi connectivity index (χ0n) is 12.6. The summed E-state index contributed by atoms with van der Waals surface area (Å²) in [5.41, 5.74) is 1.23. The first-order valence-electron chi connectivity index (χ1n) is 7.46. The minimum atomic E-state index is -3.66. The summed E-state index contributed by atoms with van der Waals surface area (Å²) in [6, 6.07) is 17.5. The van der Waals surface area contributed by atoms with E-state index in [1.54, 1.807) is 42.5 Å². The molecule has 0 saturated heterocycles. The quantitative estimate of drug-likeness (QED) is 0.775. The largest absolute Gasteiger partial charge is 0.387 e. The van der Waals surface area contributed by atoms with Gasteiger partial charge in [-0.05, 0) is 35.2 Å². The van der Waals surface area contributed by atoms with Crippen molar-refractivity contribution in [3.8, 4) is 0 Å². The zero-order valence-corrected chi connectivity index (χ0v) is 14.1. The van der Waals surface area contributed by atoms with Gasteiger partial charge in [0.2, 0.25) is 0 Å². The van der Waals surface area contributed by atoms with Gasteiger partial charge in [0.25, 0.3) is 10.0 Å². The molecule has 0 saturated carbocycles. The molecule has 4 rings (SSSR count). The van der Waals surface area contributed by atoms with Gasteiger partial charge in [-0.2, -0.15) is 0 Å². The second-order valence-corrected chi connectivity index (χ2v) is 8.00. The highest BCUT2D eigenvalue weighted by Gasteiger charge is 2.36. The molecule has 1 atom stereocenters. The lowest BCUT2D eigenvalue weighted by Crippen LogP contribution is -2.31. The van der Waals surface area contributed by atoms with Crippen LogP contribution < -0.4 is 4.31 Å². The Bertz CT molecular complexity index is 1030. The molecule has 1 heterocycles. The fraction of sp³-hybridized carbons (Fsp3) is 0.111. The summed E-state index contributed by atoms with van der Waals surface area (Å²) < 4.78 is 27.0. The van der Waals surface area contributed by atoms with Crippen molar-refractivity contribution in [3.05, 3.63) is 71.2 Å². The van der Waals surface area contributed by atoms with E-state index in [0.29, 0.717) is 26.6 Å². The number of anilines is 1. The molecule has 3 aromatic carbocycles. The molecule has 1 aliphatic heterocycles. The summed E-state index contributed by atoms with van der Waals surface area (Å²) in [6.07, 6.45) is -0.943. The fourth-order valence-electron chi connectivity index (χ4n) is 3.10. The number of hydrogen-bond donors (Lipinski definition) is 1. The molecule has 0 radical (unpaired) electrons. The Labute approximate surface area is 145 Å². The zero-order chi connectivity index (χ0) is 16.9. The molecule has 24 heavy (non-hydrogen) atoms. The molecule has 0 aromatic heterocycles. The number of benzene rings is 3. The van der Waals surface area contributed by atoms with E-state index >= 15 is 0 Å². The normalized spacial score (nSPS) is 16.5. The van der Waals surface area contributed by atoms with E-state index < -0.39 is 16.1 Å². The molecule has 1 N–H and O–H groups in total. The Hall–Kier alpha value is -2.08. The van der Waals surface area contributed by atoms with Gasteiger partial charge in [0.15, 0.2) is 0 Å². The van der Waals surface area contributed by atoms with E-state index in [1.807, 2.05) is 18.2 Å². The van der Waals surface area contributed by atoms with Crippen molar-refractivity contribution in [2.24, 2.45) is 0 Å². The second-order valence-electron chi connectivity index (χ2n) is 5.73. The number of hydrogen-bond acceptors (Lipinski definition) is 3. The van der Waals surface area contributed by atoms with Crippen LogP contribution in [0, 0.1) is 0 Å². The lowest BCUT2D eigenvalue weighted by Gasteiger charge is -2.22. The number of rotatable bonds is 3. The standard InChI is InChI=1S/C18H14ClNO3S/c19-14-9-7-12(8-10-14)16(21)11-20-15-5-1-3-13-4-2-6-17(18(13)15)24(20,22)23/h1-10,16,21H,11H2. The monoisotopic (exact) mass is 359 g/mol. The van der Waals surface area contributed by atoms with Crippen LogP contribution in [-0.2, 0) is 10.0 Å². The average molecular weight is 360 g/mol. The summed E-state index contributed by atoms with van der Waals surface area (Å²) in [5, 5.41) is 12.6. The lowest BCUT2D eigenvalue weighted by atomic mass is 10.1. The average Bonchev–Trinajstić information content (AvgIpc) is 2.79. The topological polar surface area (TPSA) is 57.6 Å². The van der Waals surface area contributed by atoms with Crippen molar-refractivity contribution in [2.45, 2.75) is 11.0 Å². The highest BCUT2D eigenvalue weighted by Crippen LogP contribution is 2.42. The van der Waals surface area contributed by atoms with Crippen molar-refractivity contribution < 1.29 is 13.5 Å². The van der Waals surface area contributed by atoms with E-state index in [9.17, 15) is 13.5 Å². The van der Waals surface area contributed by atoms with E-state index in [0.717, 1.165) is 5.39 Å². The van der Waals surface area contributed by atoms with Gasteiger partial charge in [-0.1, -0.05) is 48.0 Å². The van der Waals surface area contributed by atoms with E-state index in [4.69, 9.17) is 11.6 Å². The molecule has 4 nitrogen and oxygen atoms in total. The van der Waals surface area contributed by atoms with Crippen LogP contribution in [0.5, 0.6) is 0 Å². The van der Waals surface area contributed by atoms with E-state index in [2.05, 4.69) is 0 Å². The Morgan fingerprint density at radius 3 is 2.38 bits per heavy atom. The molecule has 3 aromatic rings. The number of nitrogens with zero attached hydrogens (tertiary/aromatic N) is 1. The first-order chi connectivity index (χ1) is 11.5. The van der Waals surface area contributed by atoms with Crippen molar-refractivity contribution in [1.29, 1.82) is 0 Å². The van der Waals surface area contributed by atoms with Crippen LogP contribution in [0.3, 0.4) is 0 Å². The van der Waals surface area contributed by atoms with Gasteiger partial charge in [0.05, 0.1) is 23.2 Å². The molecule has 122 valence electrons. The maximum atomic E-state index is 12.9. The molecule has 0 bridgehead atoms. The number of aliphatic hydroxyl groups excluding tert-OH is 1. The SMILES string of the molecule is O=S1(=O)c2cccc3cccc(c23)N1CC(O)c1ccc(Cl)cc1. The van der Waals surface area contributed by atoms with Crippen molar-refractivity contribution >= 4 is 38.1 Å². The highest BCUT2D eigenvalue weighted by molar-refractivity contribution is 7.93. The minimum absolute atomic E-state index is 0.0439. The van der Waals surface area contributed by atoms with Crippen LogP contribution in [-0.4, -0.2) is 20.1 Å². The van der Waals surface area contributed by atoms with Gasteiger partial charge in [0.1, 0.15) is 0 Å². The number of β-amino-alcohol motifs (C(OH)–C–C–N with tert-alkyl or cyclic N) is 1. The lowest BCUT2D eigenvalue weighted by molar-refractivity contribution is 0.188. The van der Waals surface area contributed by atoms with Crippen LogP contribution in [0.1, 0.15) is 11.7 Å². The smallest absolute Gasteiger partial charge is 0.265 e. The molecule has 0 amide bonds. The molecule has 0 fully saturated rings. The van der Waals surface area contributed by atoms with Gasteiger partial charge < -0.3 is 5.11 Å². The van der Waals surface area contributed by atoms with Gasteiger partial charge in [-0.15, -0.1) is 0 Å². The van der Waals surface area contributed by atoms with Gasteiger partial charge in [-0.3, -0.25) is 4.31 Å². The maximum absolute atomic E-state index is 12.9. The summed E-state index contributed by atoms with van der Waals surface area (Å²) in [6.45, 7) is -0.0439. The maximum Gasteiger partial charge on any atom is 0.265 e. The van der Waals surface area contributed by atoms with Gasteiger partial charge in [-0.25, -0.2) is 8.42 Å². The van der Waals surface area contributed by atoms with E-state index in [1.165, 1.54) is 4.31 Å². The van der Waals surface area contributed by atoms with Crippen molar-refractivity contribution in [3.63, 3.8) is 0 Å². The minimum Gasteiger partial charge on any atom is -0.387 e. The molecule has 6 heteroatoms. The number of aliphatic hydroxyl groups is 1. The van der Waals surface area contributed by atoms with Crippen LogP contribution in [0.2, 0.25) is 5.02 Å². The van der Waals surface area contributed by atoms with Crippen LogP contribution >= 0.6 is 11.6 Å². The Morgan fingerprint density at radius 1 is 1.00 bits per heavy atom. The molecule has 1 unspecified atom stereocenters. The van der Waals surface area contributed by atoms with Gasteiger partial charge >= 0.3 is 0 Å². The third-order valence-electron chi connectivity index (χ3n) is 4.27. The molecular formula is C18H14ClNO3S. The predicted molar refractivity (Wildman–Crippen MR) is 94.9 cm³/mol.